The quantitative estimate of drug-likeness (QED) is 0.360. The maximum Gasteiger partial charge on any atom is 0.146 e. The molecule has 3 heteroatoms. The van der Waals surface area contributed by atoms with Gasteiger partial charge in [-0.15, -0.1) is 0 Å². The first kappa shape index (κ1) is 18.2. The largest absolute Gasteiger partial charge is 0.490 e. The van der Waals surface area contributed by atoms with Gasteiger partial charge in [0.1, 0.15) is 29.5 Å². The van der Waals surface area contributed by atoms with Gasteiger partial charge in [-0.2, -0.15) is 0 Å². The van der Waals surface area contributed by atoms with Crippen molar-refractivity contribution in [3.05, 3.63) is 113 Å². The molecule has 2 atom stereocenters. The SMILES string of the molecule is CC1Cc2cc(C3=CC(c4ccccc4F)Oc4ccc5ccccc5c43)ccc2O1. The molecule has 0 fully saturated rings. The summed E-state index contributed by atoms with van der Waals surface area (Å²) < 4.78 is 26.9. The second kappa shape index (κ2) is 6.98. The summed E-state index contributed by atoms with van der Waals surface area (Å²) in [7, 11) is 0. The number of rotatable bonds is 2. The van der Waals surface area contributed by atoms with Gasteiger partial charge in [0.05, 0.1) is 0 Å². The zero-order valence-corrected chi connectivity index (χ0v) is 17.1. The van der Waals surface area contributed by atoms with Gasteiger partial charge in [0.2, 0.25) is 0 Å². The summed E-state index contributed by atoms with van der Waals surface area (Å²) in [6.07, 6.45) is 2.64. The zero-order valence-electron chi connectivity index (χ0n) is 17.1. The van der Waals surface area contributed by atoms with Crippen LogP contribution in [0.2, 0.25) is 0 Å². The van der Waals surface area contributed by atoms with Crippen LogP contribution in [0.4, 0.5) is 4.39 Å². The fraction of sp³-hybridized carbons (Fsp3) is 0.143. The van der Waals surface area contributed by atoms with E-state index >= 15 is 0 Å². The number of benzene rings is 4. The molecular weight excluding hydrogens is 387 g/mol. The third-order valence-corrected chi connectivity index (χ3v) is 6.15. The van der Waals surface area contributed by atoms with Gasteiger partial charge in [0, 0.05) is 17.5 Å². The van der Waals surface area contributed by atoms with Crippen LogP contribution in [0, 0.1) is 5.82 Å². The van der Waals surface area contributed by atoms with Crippen molar-refractivity contribution in [2.24, 2.45) is 0 Å². The molecule has 0 saturated carbocycles. The minimum atomic E-state index is -0.492. The van der Waals surface area contributed by atoms with Gasteiger partial charge in [0.25, 0.3) is 0 Å². The first-order valence-corrected chi connectivity index (χ1v) is 10.6. The molecule has 0 N–H and O–H groups in total. The molecule has 31 heavy (non-hydrogen) atoms. The van der Waals surface area contributed by atoms with E-state index < -0.39 is 6.10 Å². The van der Waals surface area contributed by atoms with E-state index in [1.165, 1.54) is 11.6 Å². The Balaban J connectivity index is 1.58. The van der Waals surface area contributed by atoms with E-state index in [4.69, 9.17) is 9.47 Å². The number of hydrogen-bond acceptors (Lipinski definition) is 2. The molecule has 0 aliphatic carbocycles. The molecule has 2 nitrogen and oxygen atoms in total. The first-order chi connectivity index (χ1) is 15.2. The number of ether oxygens (including phenoxy) is 2. The topological polar surface area (TPSA) is 18.5 Å². The Hall–Kier alpha value is -3.59. The summed E-state index contributed by atoms with van der Waals surface area (Å²) in [6.45, 7) is 2.09. The average molecular weight is 408 g/mol. The van der Waals surface area contributed by atoms with Crippen LogP contribution < -0.4 is 9.47 Å². The highest BCUT2D eigenvalue weighted by Gasteiger charge is 2.28. The Bertz CT molecular complexity index is 1350. The molecule has 6 rings (SSSR count). The molecule has 4 aromatic rings. The standard InChI is InChI=1S/C28H21FO2/c1-17-14-20-15-19(11-12-25(20)30-17)23-16-27(22-8-4-5-9-24(22)29)31-26-13-10-18-6-2-3-7-21(18)28(23)26/h2-13,15-17,27H,14H2,1H3. The second-order valence-corrected chi connectivity index (χ2v) is 8.26. The monoisotopic (exact) mass is 408 g/mol. The lowest BCUT2D eigenvalue weighted by atomic mass is 9.87. The highest BCUT2D eigenvalue weighted by molar-refractivity contribution is 6.01. The molecule has 2 aliphatic heterocycles. The van der Waals surface area contributed by atoms with Crippen LogP contribution >= 0.6 is 0 Å². The van der Waals surface area contributed by atoms with E-state index in [1.807, 2.05) is 36.4 Å². The lowest BCUT2D eigenvalue weighted by Gasteiger charge is -2.27. The van der Waals surface area contributed by atoms with Crippen molar-refractivity contribution in [2.75, 3.05) is 0 Å². The molecule has 152 valence electrons. The second-order valence-electron chi connectivity index (χ2n) is 8.26. The van der Waals surface area contributed by atoms with Gasteiger partial charge in [-0.05, 0) is 64.7 Å². The molecule has 0 spiro atoms. The molecule has 0 radical (unpaired) electrons. The highest BCUT2D eigenvalue weighted by atomic mass is 19.1. The average Bonchev–Trinajstić information content (AvgIpc) is 3.17. The zero-order chi connectivity index (χ0) is 20.9. The smallest absolute Gasteiger partial charge is 0.146 e. The van der Waals surface area contributed by atoms with Crippen molar-refractivity contribution in [3.8, 4) is 11.5 Å². The Morgan fingerprint density at radius 3 is 2.55 bits per heavy atom. The molecule has 2 heterocycles. The third kappa shape index (κ3) is 3.00. The van der Waals surface area contributed by atoms with E-state index in [2.05, 4.69) is 37.3 Å². The van der Waals surface area contributed by atoms with Crippen molar-refractivity contribution >= 4 is 16.3 Å². The summed E-state index contributed by atoms with van der Waals surface area (Å²) >= 11 is 0. The van der Waals surface area contributed by atoms with E-state index in [9.17, 15) is 4.39 Å². The van der Waals surface area contributed by atoms with Gasteiger partial charge in [0.15, 0.2) is 0 Å². The van der Waals surface area contributed by atoms with Crippen LogP contribution in [0.25, 0.3) is 16.3 Å². The Kier molecular flexibility index (Phi) is 4.10. The minimum absolute atomic E-state index is 0.188. The molecule has 2 unspecified atom stereocenters. The van der Waals surface area contributed by atoms with Crippen LogP contribution in [0.5, 0.6) is 11.5 Å². The van der Waals surface area contributed by atoms with Crippen molar-refractivity contribution in [1.29, 1.82) is 0 Å². The fourth-order valence-corrected chi connectivity index (χ4v) is 4.72. The lowest BCUT2D eigenvalue weighted by Crippen LogP contribution is -2.14. The number of fused-ring (bicyclic) bond motifs is 4. The lowest BCUT2D eigenvalue weighted by molar-refractivity contribution is 0.245. The van der Waals surface area contributed by atoms with Gasteiger partial charge in [-0.25, -0.2) is 4.39 Å². The normalized spacial score (nSPS) is 19.2. The summed E-state index contributed by atoms with van der Waals surface area (Å²) in [4.78, 5) is 0. The molecule has 2 aliphatic rings. The Labute approximate surface area is 180 Å². The van der Waals surface area contributed by atoms with Crippen LogP contribution in [-0.2, 0) is 6.42 Å². The van der Waals surface area contributed by atoms with Crippen molar-refractivity contribution < 1.29 is 13.9 Å². The van der Waals surface area contributed by atoms with E-state index in [-0.39, 0.29) is 11.9 Å². The predicted octanol–water partition coefficient (Wildman–Crippen LogP) is 6.87. The van der Waals surface area contributed by atoms with Gasteiger partial charge in [-0.3, -0.25) is 0 Å². The van der Waals surface area contributed by atoms with Crippen LogP contribution in [0.15, 0.2) is 84.9 Å². The van der Waals surface area contributed by atoms with E-state index in [0.29, 0.717) is 5.56 Å². The molecule has 0 amide bonds. The minimum Gasteiger partial charge on any atom is -0.490 e. The van der Waals surface area contributed by atoms with Gasteiger partial charge in [-0.1, -0.05) is 54.6 Å². The summed E-state index contributed by atoms with van der Waals surface area (Å²) in [5, 5.41) is 2.28. The van der Waals surface area contributed by atoms with E-state index in [0.717, 1.165) is 45.4 Å². The Morgan fingerprint density at radius 1 is 0.839 bits per heavy atom. The highest BCUT2D eigenvalue weighted by Crippen LogP contribution is 2.45. The van der Waals surface area contributed by atoms with Crippen LogP contribution in [0.1, 0.15) is 35.3 Å². The van der Waals surface area contributed by atoms with Crippen molar-refractivity contribution in [3.63, 3.8) is 0 Å². The number of hydrogen-bond donors (Lipinski definition) is 0. The van der Waals surface area contributed by atoms with E-state index in [1.54, 1.807) is 12.1 Å². The maximum absolute atomic E-state index is 14.6. The van der Waals surface area contributed by atoms with Gasteiger partial charge >= 0.3 is 0 Å². The Morgan fingerprint density at radius 2 is 1.65 bits per heavy atom. The predicted molar refractivity (Wildman–Crippen MR) is 121 cm³/mol. The van der Waals surface area contributed by atoms with Crippen LogP contribution in [0.3, 0.4) is 0 Å². The van der Waals surface area contributed by atoms with Crippen LogP contribution in [-0.4, -0.2) is 6.10 Å². The molecule has 0 saturated heterocycles. The molecule has 4 aromatic carbocycles. The molecule has 0 aromatic heterocycles. The van der Waals surface area contributed by atoms with Crippen molar-refractivity contribution in [2.45, 2.75) is 25.6 Å². The van der Waals surface area contributed by atoms with Crippen molar-refractivity contribution in [1.82, 2.24) is 0 Å². The number of halogens is 1. The summed E-state index contributed by atoms with van der Waals surface area (Å²) in [5.41, 5.74) is 4.96. The summed E-state index contributed by atoms with van der Waals surface area (Å²) in [6, 6.07) is 25.5. The maximum atomic E-state index is 14.6. The first-order valence-electron chi connectivity index (χ1n) is 10.6. The molecule has 0 bridgehead atoms. The third-order valence-electron chi connectivity index (χ3n) is 6.15. The molecular formula is C28H21FO2. The fourth-order valence-electron chi connectivity index (χ4n) is 4.72. The summed E-state index contributed by atoms with van der Waals surface area (Å²) in [5.74, 6) is 1.46. The van der Waals surface area contributed by atoms with Gasteiger partial charge < -0.3 is 9.47 Å².